The highest BCUT2D eigenvalue weighted by Crippen LogP contribution is 2.26. The lowest BCUT2D eigenvalue weighted by atomic mass is 10.1. The molecular weight excluding hydrogens is 761 g/mol. The number of pyridine rings is 2. The Bertz CT molecular complexity index is 2150. The maximum atomic E-state index is 13.9. The first-order chi connectivity index (χ1) is 25.7. The van der Waals surface area contributed by atoms with Gasteiger partial charge in [0.05, 0.1) is 18.5 Å². The summed E-state index contributed by atoms with van der Waals surface area (Å²) in [4.78, 5) is 35.9. The summed E-state index contributed by atoms with van der Waals surface area (Å²) in [6, 6.07) is 19.8. The number of aromatic nitrogens is 6. The van der Waals surface area contributed by atoms with Gasteiger partial charge in [0.1, 0.15) is 23.3 Å². The molecule has 10 nitrogen and oxygen atoms in total. The molecule has 3 N–H and O–H groups in total. The van der Waals surface area contributed by atoms with Crippen LogP contribution in [0.4, 0.5) is 20.4 Å². The smallest absolute Gasteiger partial charge is 0.247 e. The van der Waals surface area contributed by atoms with Crippen LogP contribution in [0.15, 0.2) is 100 Å². The zero-order valence-electron chi connectivity index (χ0n) is 28.8. The summed E-state index contributed by atoms with van der Waals surface area (Å²) in [5.41, 5.74) is 3.86. The van der Waals surface area contributed by atoms with Gasteiger partial charge in [0.15, 0.2) is 10.3 Å². The standard InChI is InChI=1S/C19H18ClFN4OS.C18H16ClFN4OS/c1-26-18-7-6-12(11-23-18)16-10-17(25-19(24-16)27-2)22-9-8-13-14(20)4-3-5-15(13)21;1-26-18-23-15(11-5-6-17(25)22-10-11)9-16(24-18)21-8-7-12-13(19)3-2-4-14(12)20/h3-7,10-11H,8-9H2,1-2H3,(H,22,24,25);2-6,9-10H,7-8H2,1H3,(H,22,25)(H,21,23,24). The summed E-state index contributed by atoms with van der Waals surface area (Å²) in [5, 5.41) is 8.47. The van der Waals surface area contributed by atoms with Gasteiger partial charge in [-0.05, 0) is 61.8 Å². The van der Waals surface area contributed by atoms with E-state index in [-0.39, 0.29) is 17.2 Å². The Morgan fingerprint density at radius 1 is 0.736 bits per heavy atom. The van der Waals surface area contributed by atoms with Crippen molar-refractivity contribution in [2.24, 2.45) is 0 Å². The zero-order valence-corrected chi connectivity index (χ0v) is 31.9. The second kappa shape index (κ2) is 19.4. The average Bonchev–Trinajstić information content (AvgIpc) is 3.17. The van der Waals surface area contributed by atoms with Crippen molar-refractivity contribution in [3.63, 3.8) is 0 Å². The fourth-order valence-corrected chi connectivity index (χ4v) is 6.18. The van der Waals surface area contributed by atoms with Gasteiger partial charge in [-0.15, -0.1) is 0 Å². The van der Waals surface area contributed by atoms with E-state index in [0.29, 0.717) is 80.6 Å². The van der Waals surface area contributed by atoms with Crippen LogP contribution < -0.4 is 20.9 Å². The van der Waals surface area contributed by atoms with Crippen LogP contribution in [-0.4, -0.2) is 62.6 Å². The second-order valence-electron chi connectivity index (χ2n) is 11.0. The van der Waals surface area contributed by atoms with E-state index >= 15 is 0 Å². The molecule has 2 aromatic carbocycles. The first kappa shape index (κ1) is 39.4. The predicted molar refractivity (Wildman–Crippen MR) is 211 cm³/mol. The van der Waals surface area contributed by atoms with Gasteiger partial charge in [-0.3, -0.25) is 4.79 Å². The van der Waals surface area contributed by atoms with Crippen molar-refractivity contribution in [2.75, 3.05) is 43.3 Å². The Labute approximate surface area is 323 Å². The van der Waals surface area contributed by atoms with E-state index in [1.807, 2.05) is 24.6 Å². The van der Waals surface area contributed by atoms with E-state index in [2.05, 4.69) is 40.5 Å². The molecule has 4 aromatic heterocycles. The Morgan fingerprint density at radius 2 is 1.26 bits per heavy atom. The minimum Gasteiger partial charge on any atom is -0.481 e. The number of thioether (sulfide) groups is 2. The molecule has 0 amide bonds. The molecule has 0 aliphatic heterocycles. The lowest BCUT2D eigenvalue weighted by Crippen LogP contribution is -2.09. The Morgan fingerprint density at radius 3 is 1.70 bits per heavy atom. The molecule has 0 aliphatic rings. The van der Waals surface area contributed by atoms with Gasteiger partial charge in [0, 0.05) is 82.0 Å². The molecule has 6 aromatic rings. The number of H-pyrrole nitrogens is 1. The lowest BCUT2D eigenvalue weighted by molar-refractivity contribution is 0.398. The molecule has 0 saturated heterocycles. The van der Waals surface area contributed by atoms with Crippen molar-refractivity contribution in [2.45, 2.75) is 23.2 Å². The monoisotopic (exact) mass is 794 g/mol. The fraction of sp³-hybridized carbons (Fsp3) is 0.189. The summed E-state index contributed by atoms with van der Waals surface area (Å²) in [6.45, 7) is 0.961. The highest BCUT2D eigenvalue weighted by molar-refractivity contribution is 7.98. The molecule has 0 spiro atoms. The van der Waals surface area contributed by atoms with Crippen molar-refractivity contribution >= 4 is 58.4 Å². The molecule has 274 valence electrons. The number of nitrogens with one attached hydrogen (secondary N) is 3. The van der Waals surface area contributed by atoms with Crippen LogP contribution in [0.2, 0.25) is 10.0 Å². The third-order valence-corrected chi connectivity index (χ3v) is 9.39. The van der Waals surface area contributed by atoms with E-state index in [1.165, 1.54) is 41.7 Å². The molecule has 16 heteroatoms. The predicted octanol–water partition coefficient (Wildman–Crippen LogP) is 8.72. The van der Waals surface area contributed by atoms with Gasteiger partial charge in [0.2, 0.25) is 11.4 Å². The normalized spacial score (nSPS) is 10.7. The molecule has 6 rings (SSSR count). The van der Waals surface area contributed by atoms with Crippen molar-refractivity contribution in [1.82, 2.24) is 29.9 Å². The molecule has 0 radical (unpaired) electrons. The highest BCUT2D eigenvalue weighted by Gasteiger charge is 2.11. The molecular formula is C37H34Cl2F2N8O2S2. The first-order valence-electron chi connectivity index (χ1n) is 16.1. The number of ether oxygens (including phenoxy) is 1. The number of aromatic amines is 1. The molecule has 0 unspecified atom stereocenters. The van der Waals surface area contributed by atoms with E-state index < -0.39 is 0 Å². The number of halogens is 4. The topological polar surface area (TPSA) is 131 Å². The van der Waals surface area contributed by atoms with E-state index in [0.717, 1.165) is 16.8 Å². The number of rotatable bonds is 13. The number of anilines is 2. The Hall–Kier alpha value is -4.76. The number of methoxy groups -OCH3 is 1. The second-order valence-corrected chi connectivity index (χ2v) is 13.4. The van der Waals surface area contributed by atoms with Crippen LogP contribution in [0.5, 0.6) is 5.88 Å². The lowest BCUT2D eigenvalue weighted by Gasteiger charge is -2.10. The van der Waals surface area contributed by atoms with Crippen LogP contribution >= 0.6 is 46.7 Å². The summed E-state index contributed by atoms with van der Waals surface area (Å²) < 4.78 is 32.8. The van der Waals surface area contributed by atoms with Crippen molar-refractivity contribution in [1.29, 1.82) is 0 Å². The van der Waals surface area contributed by atoms with Crippen molar-refractivity contribution < 1.29 is 13.5 Å². The molecule has 4 heterocycles. The van der Waals surface area contributed by atoms with Crippen LogP contribution in [0.25, 0.3) is 22.5 Å². The fourth-order valence-electron chi connectivity index (χ4n) is 4.91. The van der Waals surface area contributed by atoms with Crippen LogP contribution in [0.1, 0.15) is 11.1 Å². The molecule has 0 atom stereocenters. The summed E-state index contributed by atoms with van der Waals surface area (Å²) >= 11 is 15.0. The van der Waals surface area contributed by atoms with E-state index in [4.69, 9.17) is 27.9 Å². The van der Waals surface area contributed by atoms with Crippen molar-refractivity contribution in [3.05, 3.63) is 128 Å². The van der Waals surface area contributed by atoms with Crippen molar-refractivity contribution in [3.8, 4) is 28.4 Å². The minimum atomic E-state index is -0.319. The number of hydrogen-bond acceptors (Lipinski definition) is 11. The summed E-state index contributed by atoms with van der Waals surface area (Å²) in [7, 11) is 1.57. The third-order valence-electron chi connectivity index (χ3n) is 7.58. The number of benzene rings is 2. The zero-order chi connectivity index (χ0) is 37.7. The number of nitrogens with zero attached hydrogens (tertiary/aromatic N) is 5. The summed E-state index contributed by atoms with van der Waals surface area (Å²) in [5.74, 6) is 1.20. The van der Waals surface area contributed by atoms with Crippen LogP contribution in [0.3, 0.4) is 0 Å². The quantitative estimate of drug-likeness (QED) is 0.0767. The third kappa shape index (κ3) is 11.1. The van der Waals surface area contributed by atoms with Gasteiger partial charge in [0.25, 0.3) is 0 Å². The van der Waals surface area contributed by atoms with Gasteiger partial charge >= 0.3 is 0 Å². The van der Waals surface area contributed by atoms with Crippen LogP contribution in [-0.2, 0) is 12.8 Å². The average molecular weight is 796 g/mol. The Balaban J connectivity index is 0.000000204. The molecule has 0 saturated carbocycles. The maximum absolute atomic E-state index is 13.9. The van der Waals surface area contributed by atoms with Gasteiger partial charge in [-0.2, -0.15) is 0 Å². The Kier molecular flexibility index (Phi) is 14.4. The largest absolute Gasteiger partial charge is 0.481 e. The molecule has 53 heavy (non-hydrogen) atoms. The highest BCUT2D eigenvalue weighted by atomic mass is 35.5. The molecule has 0 aliphatic carbocycles. The van der Waals surface area contributed by atoms with Gasteiger partial charge < -0.3 is 20.4 Å². The van der Waals surface area contributed by atoms with Gasteiger partial charge in [-0.25, -0.2) is 33.7 Å². The molecule has 0 bridgehead atoms. The SMILES string of the molecule is COc1ccc(-c2cc(NCCc3c(F)cccc3Cl)nc(SC)n2)cn1.CSc1nc(NCCc2c(F)cccc2Cl)cc(-c2ccc(=O)[nH]c2)n1. The number of hydrogen-bond donors (Lipinski definition) is 3. The minimum absolute atomic E-state index is 0.173. The maximum Gasteiger partial charge on any atom is 0.247 e. The molecule has 0 fully saturated rings. The van der Waals surface area contributed by atoms with Crippen LogP contribution in [0, 0.1) is 11.6 Å². The summed E-state index contributed by atoms with van der Waals surface area (Å²) in [6.07, 6.45) is 7.98. The van der Waals surface area contributed by atoms with E-state index in [1.54, 1.807) is 62.0 Å². The van der Waals surface area contributed by atoms with Gasteiger partial charge in [-0.1, -0.05) is 58.9 Å². The van der Waals surface area contributed by atoms with E-state index in [9.17, 15) is 13.6 Å². The first-order valence-corrected chi connectivity index (χ1v) is 19.3.